The van der Waals surface area contributed by atoms with E-state index in [0.29, 0.717) is 0 Å². The molecule has 4 nitrogen and oxygen atoms in total. The standard InChI is InChI=1S/C11H14N4/c1-8-4-6-9(7-5-8)10-13-14-11(12-2)15(10)3/h4-7H,1-3H3,(H,12,14). The van der Waals surface area contributed by atoms with Crippen LogP contribution in [-0.4, -0.2) is 21.8 Å². The number of hydrogen-bond acceptors (Lipinski definition) is 3. The van der Waals surface area contributed by atoms with E-state index in [1.54, 1.807) is 0 Å². The monoisotopic (exact) mass is 202 g/mol. The van der Waals surface area contributed by atoms with Crippen LogP contribution in [0.4, 0.5) is 5.95 Å². The molecule has 0 spiro atoms. The normalized spacial score (nSPS) is 10.3. The van der Waals surface area contributed by atoms with Crippen molar-refractivity contribution in [3.63, 3.8) is 0 Å². The smallest absolute Gasteiger partial charge is 0.224 e. The third-order valence-corrected chi connectivity index (χ3v) is 2.41. The molecule has 0 aliphatic heterocycles. The summed E-state index contributed by atoms with van der Waals surface area (Å²) < 4.78 is 1.94. The third kappa shape index (κ3) is 1.70. The van der Waals surface area contributed by atoms with Gasteiger partial charge in [-0.3, -0.25) is 4.57 Å². The number of hydrogen-bond donors (Lipinski definition) is 1. The van der Waals surface area contributed by atoms with Crippen molar-refractivity contribution >= 4 is 5.95 Å². The maximum absolute atomic E-state index is 4.14. The molecular weight excluding hydrogens is 188 g/mol. The second-order valence-corrected chi connectivity index (χ2v) is 3.52. The summed E-state index contributed by atoms with van der Waals surface area (Å²) in [7, 11) is 3.78. The summed E-state index contributed by atoms with van der Waals surface area (Å²) in [5, 5.41) is 11.2. The Kier molecular flexibility index (Phi) is 2.41. The minimum Gasteiger partial charge on any atom is -0.357 e. The van der Waals surface area contributed by atoms with Gasteiger partial charge in [0.05, 0.1) is 0 Å². The summed E-state index contributed by atoms with van der Waals surface area (Å²) in [6, 6.07) is 8.25. The summed E-state index contributed by atoms with van der Waals surface area (Å²) in [5.74, 6) is 1.64. The van der Waals surface area contributed by atoms with E-state index in [4.69, 9.17) is 0 Å². The summed E-state index contributed by atoms with van der Waals surface area (Å²) in [5.41, 5.74) is 2.33. The Bertz CT molecular complexity index is 456. The van der Waals surface area contributed by atoms with Crippen LogP contribution in [0.25, 0.3) is 11.4 Å². The van der Waals surface area contributed by atoms with Crippen LogP contribution in [0.15, 0.2) is 24.3 Å². The van der Waals surface area contributed by atoms with Crippen LogP contribution in [0.3, 0.4) is 0 Å². The van der Waals surface area contributed by atoms with Gasteiger partial charge in [-0.25, -0.2) is 0 Å². The van der Waals surface area contributed by atoms with Crippen LogP contribution in [0, 0.1) is 6.92 Å². The fraction of sp³-hybridized carbons (Fsp3) is 0.273. The van der Waals surface area contributed by atoms with Crippen molar-refractivity contribution in [3.05, 3.63) is 29.8 Å². The molecule has 15 heavy (non-hydrogen) atoms. The number of nitrogens with zero attached hydrogens (tertiary/aromatic N) is 3. The largest absolute Gasteiger partial charge is 0.357 e. The Labute approximate surface area is 89.0 Å². The van der Waals surface area contributed by atoms with Crippen LogP contribution < -0.4 is 5.32 Å². The fourth-order valence-electron chi connectivity index (χ4n) is 1.50. The number of benzene rings is 1. The molecule has 1 aromatic carbocycles. The van der Waals surface area contributed by atoms with Gasteiger partial charge in [0.1, 0.15) is 0 Å². The maximum Gasteiger partial charge on any atom is 0.224 e. The first-order chi connectivity index (χ1) is 7.22. The highest BCUT2D eigenvalue weighted by Gasteiger charge is 2.08. The Morgan fingerprint density at radius 3 is 2.33 bits per heavy atom. The number of anilines is 1. The molecule has 78 valence electrons. The Hall–Kier alpha value is -1.84. The number of rotatable bonds is 2. The highest BCUT2D eigenvalue weighted by Crippen LogP contribution is 2.19. The molecule has 0 aliphatic rings. The zero-order chi connectivity index (χ0) is 10.8. The molecule has 0 saturated carbocycles. The van der Waals surface area contributed by atoms with Crippen LogP contribution in [0.2, 0.25) is 0 Å². The van der Waals surface area contributed by atoms with Gasteiger partial charge in [-0.05, 0) is 6.92 Å². The van der Waals surface area contributed by atoms with Gasteiger partial charge in [0.2, 0.25) is 5.95 Å². The fourth-order valence-corrected chi connectivity index (χ4v) is 1.50. The Morgan fingerprint density at radius 2 is 1.80 bits per heavy atom. The summed E-state index contributed by atoms with van der Waals surface area (Å²) in [6.45, 7) is 2.07. The highest BCUT2D eigenvalue weighted by atomic mass is 15.3. The molecule has 1 aromatic heterocycles. The van der Waals surface area contributed by atoms with Crippen molar-refractivity contribution in [1.82, 2.24) is 14.8 Å². The Morgan fingerprint density at radius 1 is 1.13 bits per heavy atom. The highest BCUT2D eigenvalue weighted by molar-refractivity contribution is 5.57. The number of aromatic nitrogens is 3. The molecule has 0 radical (unpaired) electrons. The van der Waals surface area contributed by atoms with Gasteiger partial charge in [-0.15, -0.1) is 10.2 Å². The van der Waals surface area contributed by atoms with Gasteiger partial charge < -0.3 is 5.32 Å². The van der Waals surface area contributed by atoms with Gasteiger partial charge in [-0.2, -0.15) is 0 Å². The van der Waals surface area contributed by atoms with Crippen molar-refractivity contribution in [2.45, 2.75) is 6.92 Å². The van der Waals surface area contributed by atoms with Crippen LogP contribution in [0.1, 0.15) is 5.56 Å². The molecule has 0 bridgehead atoms. The molecule has 0 fully saturated rings. The quantitative estimate of drug-likeness (QED) is 0.808. The number of nitrogens with one attached hydrogen (secondary N) is 1. The van der Waals surface area contributed by atoms with Crippen LogP contribution >= 0.6 is 0 Å². The second kappa shape index (κ2) is 3.73. The topological polar surface area (TPSA) is 42.7 Å². The minimum absolute atomic E-state index is 0.769. The number of aryl methyl sites for hydroxylation is 1. The third-order valence-electron chi connectivity index (χ3n) is 2.41. The molecule has 1 N–H and O–H groups in total. The van der Waals surface area contributed by atoms with E-state index in [0.717, 1.165) is 17.3 Å². The SMILES string of the molecule is CNc1nnc(-c2ccc(C)cc2)n1C. The van der Waals surface area contributed by atoms with Gasteiger partial charge in [0.15, 0.2) is 5.82 Å². The lowest BCUT2D eigenvalue weighted by Crippen LogP contribution is -1.99. The van der Waals surface area contributed by atoms with Gasteiger partial charge in [0, 0.05) is 19.7 Å². The van der Waals surface area contributed by atoms with Crippen LogP contribution in [-0.2, 0) is 7.05 Å². The first kappa shape index (κ1) is 9.71. The second-order valence-electron chi connectivity index (χ2n) is 3.52. The van der Waals surface area contributed by atoms with Gasteiger partial charge in [-0.1, -0.05) is 29.8 Å². The molecule has 2 aromatic rings. The lowest BCUT2D eigenvalue weighted by atomic mass is 10.1. The van der Waals surface area contributed by atoms with Gasteiger partial charge >= 0.3 is 0 Å². The molecular formula is C11H14N4. The van der Waals surface area contributed by atoms with E-state index >= 15 is 0 Å². The zero-order valence-corrected chi connectivity index (χ0v) is 9.15. The Balaban J connectivity index is 2.45. The maximum atomic E-state index is 4.14. The van der Waals surface area contributed by atoms with E-state index in [1.807, 2.05) is 18.7 Å². The van der Waals surface area contributed by atoms with Crippen molar-refractivity contribution in [1.29, 1.82) is 0 Å². The molecule has 0 aliphatic carbocycles. The van der Waals surface area contributed by atoms with E-state index in [-0.39, 0.29) is 0 Å². The predicted octanol–water partition coefficient (Wildman–Crippen LogP) is 1.83. The van der Waals surface area contributed by atoms with E-state index in [1.165, 1.54) is 5.56 Å². The first-order valence-corrected chi connectivity index (χ1v) is 4.86. The molecule has 0 amide bonds. The van der Waals surface area contributed by atoms with E-state index in [9.17, 15) is 0 Å². The van der Waals surface area contributed by atoms with Gasteiger partial charge in [0.25, 0.3) is 0 Å². The van der Waals surface area contributed by atoms with Crippen molar-refractivity contribution < 1.29 is 0 Å². The lowest BCUT2D eigenvalue weighted by molar-refractivity contribution is 0.925. The summed E-state index contributed by atoms with van der Waals surface area (Å²) >= 11 is 0. The molecule has 2 rings (SSSR count). The lowest BCUT2D eigenvalue weighted by Gasteiger charge is -2.03. The summed E-state index contributed by atoms with van der Waals surface area (Å²) in [6.07, 6.45) is 0. The summed E-state index contributed by atoms with van der Waals surface area (Å²) in [4.78, 5) is 0. The van der Waals surface area contributed by atoms with Crippen molar-refractivity contribution in [3.8, 4) is 11.4 Å². The predicted molar refractivity (Wildman–Crippen MR) is 60.7 cm³/mol. The molecule has 0 atom stereocenters. The van der Waals surface area contributed by atoms with Crippen molar-refractivity contribution in [2.75, 3.05) is 12.4 Å². The van der Waals surface area contributed by atoms with Crippen LogP contribution in [0.5, 0.6) is 0 Å². The average Bonchev–Trinajstić information content (AvgIpc) is 2.61. The average molecular weight is 202 g/mol. The minimum atomic E-state index is 0.769. The molecule has 0 unspecified atom stereocenters. The van der Waals surface area contributed by atoms with Crippen molar-refractivity contribution in [2.24, 2.45) is 7.05 Å². The first-order valence-electron chi connectivity index (χ1n) is 4.86. The molecule has 1 heterocycles. The van der Waals surface area contributed by atoms with E-state index < -0.39 is 0 Å². The molecule has 4 heteroatoms. The molecule has 0 saturated heterocycles. The van der Waals surface area contributed by atoms with E-state index in [2.05, 4.69) is 46.7 Å². The zero-order valence-electron chi connectivity index (χ0n) is 9.15.